The van der Waals surface area contributed by atoms with Crippen LogP contribution in [0.25, 0.3) is 0 Å². The van der Waals surface area contributed by atoms with Gasteiger partial charge in [0.15, 0.2) is 0 Å². The van der Waals surface area contributed by atoms with Crippen molar-refractivity contribution in [2.45, 2.75) is 37.8 Å². The van der Waals surface area contributed by atoms with E-state index in [-0.39, 0.29) is 31.5 Å². The largest absolute Gasteiger partial charge is 0.480 e. The molecule has 15 nitrogen and oxygen atoms in total. The lowest BCUT2D eigenvalue weighted by atomic mass is 10.1. The second kappa shape index (κ2) is 10.8. The number of carbonyl (C=O) groups is 4. The van der Waals surface area contributed by atoms with Crippen molar-refractivity contribution < 1.29 is 39.2 Å². The Labute approximate surface area is 185 Å². The third-order valence-corrected chi connectivity index (χ3v) is 4.94. The van der Waals surface area contributed by atoms with Crippen LogP contribution in [0.15, 0.2) is 18.2 Å². The predicted molar refractivity (Wildman–Crippen MR) is 110 cm³/mol. The van der Waals surface area contributed by atoms with E-state index in [2.05, 4.69) is 10.6 Å². The van der Waals surface area contributed by atoms with Gasteiger partial charge in [-0.05, 0) is 25.3 Å². The van der Waals surface area contributed by atoms with Crippen LogP contribution in [0.1, 0.15) is 25.7 Å². The number of nitro benzene ring substituents is 2. The Hall–Kier alpha value is -4.30. The van der Waals surface area contributed by atoms with E-state index in [1.54, 1.807) is 0 Å². The second-order valence-electron chi connectivity index (χ2n) is 7.15. The van der Waals surface area contributed by atoms with Gasteiger partial charge in [-0.1, -0.05) is 0 Å². The summed E-state index contributed by atoms with van der Waals surface area (Å²) in [6.45, 7) is -0.403. The molecule has 0 aliphatic carbocycles. The quantitative estimate of drug-likeness (QED) is 0.251. The van der Waals surface area contributed by atoms with Gasteiger partial charge < -0.3 is 25.7 Å². The van der Waals surface area contributed by atoms with E-state index < -0.39 is 63.6 Å². The Morgan fingerprint density at radius 2 is 1.85 bits per heavy atom. The van der Waals surface area contributed by atoms with Crippen LogP contribution in [-0.2, 0) is 19.2 Å². The SMILES string of the molecule is O=C(O)CNC(=O)CC[C@H](NC(=O)[C@@H]1CCCN1c1ccc([N+](=O)[O-])cc1[N+](=O)[O-])C(=O)O. The van der Waals surface area contributed by atoms with Gasteiger partial charge >= 0.3 is 11.9 Å². The van der Waals surface area contributed by atoms with Crippen molar-refractivity contribution in [3.63, 3.8) is 0 Å². The molecule has 2 amide bonds. The van der Waals surface area contributed by atoms with Crippen LogP contribution in [0.2, 0.25) is 0 Å². The first kappa shape index (κ1) is 25.0. The van der Waals surface area contributed by atoms with Crippen molar-refractivity contribution in [2.24, 2.45) is 0 Å². The van der Waals surface area contributed by atoms with Gasteiger partial charge in [0.05, 0.1) is 15.9 Å². The molecule has 1 aromatic carbocycles. The molecule has 15 heteroatoms. The molecule has 0 aromatic heterocycles. The number of nitrogens with zero attached hydrogens (tertiary/aromatic N) is 3. The highest BCUT2D eigenvalue weighted by atomic mass is 16.6. The molecule has 1 aromatic rings. The highest BCUT2D eigenvalue weighted by molar-refractivity contribution is 5.91. The van der Waals surface area contributed by atoms with Crippen LogP contribution in [0.5, 0.6) is 0 Å². The number of rotatable bonds is 11. The van der Waals surface area contributed by atoms with Crippen LogP contribution >= 0.6 is 0 Å². The van der Waals surface area contributed by atoms with Crippen LogP contribution in [0, 0.1) is 20.2 Å². The van der Waals surface area contributed by atoms with Crippen molar-refractivity contribution in [1.82, 2.24) is 10.6 Å². The third kappa shape index (κ3) is 6.59. The first-order chi connectivity index (χ1) is 15.5. The lowest BCUT2D eigenvalue weighted by molar-refractivity contribution is -0.393. The van der Waals surface area contributed by atoms with E-state index in [9.17, 15) is 44.5 Å². The summed E-state index contributed by atoms with van der Waals surface area (Å²) in [5.41, 5.74) is -1.06. The van der Waals surface area contributed by atoms with Gasteiger partial charge in [-0.3, -0.25) is 34.6 Å². The van der Waals surface area contributed by atoms with Gasteiger partial charge in [-0.2, -0.15) is 0 Å². The molecule has 0 bridgehead atoms. The van der Waals surface area contributed by atoms with Crippen LogP contribution in [0.4, 0.5) is 17.1 Å². The Kier molecular flexibility index (Phi) is 8.19. The molecular formula is C18H21N5O10. The smallest absolute Gasteiger partial charge is 0.326 e. The average molecular weight is 467 g/mol. The van der Waals surface area contributed by atoms with Crippen LogP contribution < -0.4 is 15.5 Å². The minimum Gasteiger partial charge on any atom is -0.480 e. The lowest BCUT2D eigenvalue weighted by Crippen LogP contribution is -2.50. The van der Waals surface area contributed by atoms with Crippen molar-refractivity contribution in [3.05, 3.63) is 38.4 Å². The van der Waals surface area contributed by atoms with Gasteiger partial charge in [-0.25, -0.2) is 4.79 Å². The zero-order valence-electron chi connectivity index (χ0n) is 17.1. The topological polar surface area (TPSA) is 222 Å². The molecule has 0 unspecified atom stereocenters. The van der Waals surface area contributed by atoms with E-state index >= 15 is 0 Å². The fourth-order valence-electron chi connectivity index (χ4n) is 3.41. The zero-order chi connectivity index (χ0) is 24.7. The van der Waals surface area contributed by atoms with Crippen LogP contribution in [-0.4, -0.2) is 69.0 Å². The Morgan fingerprint density at radius 1 is 1.15 bits per heavy atom. The third-order valence-electron chi connectivity index (χ3n) is 4.94. The van der Waals surface area contributed by atoms with E-state index in [1.807, 2.05) is 0 Å². The number of nitro groups is 2. The minimum absolute atomic E-state index is 0.0110. The number of aliphatic carboxylic acids is 2. The van der Waals surface area contributed by atoms with Crippen molar-refractivity contribution in [2.75, 3.05) is 18.0 Å². The van der Waals surface area contributed by atoms with Gasteiger partial charge in [0.2, 0.25) is 11.8 Å². The van der Waals surface area contributed by atoms with E-state index in [1.165, 1.54) is 11.0 Å². The summed E-state index contributed by atoms with van der Waals surface area (Å²) in [7, 11) is 0. The molecule has 1 aliphatic heterocycles. The molecule has 2 atom stereocenters. The summed E-state index contributed by atoms with van der Waals surface area (Å²) in [5.74, 6) is -4.13. The van der Waals surface area contributed by atoms with Gasteiger partial charge in [0, 0.05) is 19.0 Å². The molecule has 0 spiro atoms. The minimum atomic E-state index is -1.46. The summed E-state index contributed by atoms with van der Waals surface area (Å²) in [6.07, 6.45) is 0.0522. The fraction of sp³-hybridized carbons (Fsp3) is 0.444. The number of carbonyl (C=O) groups excluding carboxylic acids is 2. The summed E-state index contributed by atoms with van der Waals surface area (Å²) < 4.78 is 0. The number of hydrogen-bond acceptors (Lipinski definition) is 9. The summed E-state index contributed by atoms with van der Waals surface area (Å²) in [4.78, 5) is 68.6. The highest BCUT2D eigenvalue weighted by Gasteiger charge is 2.36. The number of benzene rings is 1. The Bertz CT molecular complexity index is 981. The maximum Gasteiger partial charge on any atom is 0.326 e. The first-order valence-corrected chi connectivity index (χ1v) is 9.72. The lowest BCUT2D eigenvalue weighted by Gasteiger charge is -2.27. The number of amides is 2. The van der Waals surface area contributed by atoms with E-state index in [0.29, 0.717) is 6.42 Å². The molecule has 1 fully saturated rings. The fourth-order valence-corrected chi connectivity index (χ4v) is 3.41. The number of nitrogens with one attached hydrogen (secondary N) is 2. The number of hydrogen-bond donors (Lipinski definition) is 4. The van der Waals surface area contributed by atoms with E-state index in [0.717, 1.165) is 12.1 Å². The summed E-state index contributed by atoms with van der Waals surface area (Å²) in [6, 6.07) is 0.614. The molecule has 1 aliphatic rings. The summed E-state index contributed by atoms with van der Waals surface area (Å²) >= 11 is 0. The molecule has 0 saturated carbocycles. The molecule has 2 rings (SSSR count). The van der Waals surface area contributed by atoms with Crippen molar-refractivity contribution in [3.8, 4) is 0 Å². The monoisotopic (exact) mass is 467 g/mol. The number of carboxylic acids is 2. The highest BCUT2D eigenvalue weighted by Crippen LogP contribution is 2.36. The maximum absolute atomic E-state index is 12.8. The average Bonchev–Trinajstić information content (AvgIpc) is 3.24. The van der Waals surface area contributed by atoms with Crippen molar-refractivity contribution >= 4 is 40.8 Å². The normalized spacial score (nSPS) is 16.0. The maximum atomic E-state index is 12.8. The molecule has 33 heavy (non-hydrogen) atoms. The summed E-state index contributed by atoms with van der Waals surface area (Å²) in [5, 5.41) is 44.7. The molecule has 4 N–H and O–H groups in total. The second-order valence-corrected chi connectivity index (χ2v) is 7.15. The number of anilines is 1. The van der Waals surface area contributed by atoms with Gasteiger partial charge in [0.25, 0.3) is 11.4 Å². The zero-order valence-corrected chi connectivity index (χ0v) is 17.1. The van der Waals surface area contributed by atoms with Gasteiger partial charge in [-0.15, -0.1) is 0 Å². The molecular weight excluding hydrogens is 446 g/mol. The predicted octanol–water partition coefficient (Wildman–Crippen LogP) is 0.0222. The first-order valence-electron chi connectivity index (χ1n) is 9.72. The van der Waals surface area contributed by atoms with Crippen LogP contribution in [0.3, 0.4) is 0 Å². The van der Waals surface area contributed by atoms with Gasteiger partial charge in [0.1, 0.15) is 24.3 Å². The molecule has 1 heterocycles. The Balaban J connectivity index is 2.14. The molecule has 0 radical (unpaired) electrons. The molecule has 1 saturated heterocycles. The molecule has 178 valence electrons. The Morgan fingerprint density at radius 3 is 2.42 bits per heavy atom. The number of non-ortho nitro benzene ring substituents is 1. The number of carboxylic acid groups (broad SMARTS) is 2. The van der Waals surface area contributed by atoms with Crippen molar-refractivity contribution in [1.29, 1.82) is 0 Å². The van der Waals surface area contributed by atoms with E-state index in [4.69, 9.17) is 5.11 Å². The standard InChI is InChI=1S/C18H21N5O10/c24-15(19-9-16(25)26)6-4-11(18(28)29)20-17(27)13-2-1-7-21(13)12-5-3-10(22(30)31)8-14(12)23(32)33/h3,5,8,11,13H,1-2,4,6-7,9H2,(H,19,24)(H,20,27)(H,25,26)(H,28,29)/t11-,13-/m0/s1.